The first-order chi connectivity index (χ1) is 9.22. The Morgan fingerprint density at radius 2 is 1.74 bits per heavy atom. The van der Waals surface area contributed by atoms with Crippen molar-refractivity contribution in [1.82, 2.24) is 0 Å². The first kappa shape index (κ1) is 13.5. The van der Waals surface area contributed by atoms with Crippen LogP contribution >= 0.6 is 11.8 Å². The highest BCUT2D eigenvalue weighted by Gasteiger charge is 2.06. The second kappa shape index (κ2) is 6.29. The summed E-state index contributed by atoms with van der Waals surface area (Å²) in [7, 11) is 3.02. The molecule has 19 heavy (non-hydrogen) atoms. The molecule has 2 rings (SSSR count). The van der Waals surface area contributed by atoms with Crippen LogP contribution in [-0.4, -0.2) is 20.2 Å². The molecule has 0 atom stereocenters. The van der Waals surface area contributed by atoms with Gasteiger partial charge in [-0.05, 0) is 42.5 Å². The molecule has 0 saturated carbocycles. The number of ether oxygens (including phenoxy) is 2. The molecule has 0 N–H and O–H groups in total. The normalized spacial score (nSPS) is 10.0. The van der Waals surface area contributed by atoms with Gasteiger partial charge in [0.05, 0.1) is 19.8 Å². The molecule has 4 heteroatoms. The van der Waals surface area contributed by atoms with Crippen molar-refractivity contribution in [2.75, 3.05) is 14.2 Å². The largest absolute Gasteiger partial charge is 0.497 e. The van der Waals surface area contributed by atoms with E-state index in [1.165, 1.54) is 7.11 Å². The van der Waals surface area contributed by atoms with E-state index in [0.29, 0.717) is 5.56 Å². The van der Waals surface area contributed by atoms with Gasteiger partial charge in [-0.3, -0.25) is 0 Å². The molecule has 2 aromatic carbocycles. The number of benzene rings is 2. The third kappa shape index (κ3) is 3.51. The fourth-order valence-corrected chi connectivity index (χ4v) is 2.46. The number of rotatable bonds is 4. The van der Waals surface area contributed by atoms with E-state index in [1.807, 2.05) is 42.5 Å². The van der Waals surface area contributed by atoms with Gasteiger partial charge in [0.15, 0.2) is 0 Å². The smallest absolute Gasteiger partial charge is 0.337 e. The van der Waals surface area contributed by atoms with Crippen LogP contribution in [0.4, 0.5) is 0 Å². The molecule has 0 amide bonds. The molecule has 0 aromatic heterocycles. The second-order valence-corrected chi connectivity index (χ2v) is 4.94. The summed E-state index contributed by atoms with van der Waals surface area (Å²) < 4.78 is 9.82. The summed E-state index contributed by atoms with van der Waals surface area (Å²) in [5.74, 6) is 0.504. The van der Waals surface area contributed by atoms with E-state index in [9.17, 15) is 4.79 Å². The van der Waals surface area contributed by atoms with E-state index >= 15 is 0 Å². The molecular formula is C15H14O3S. The Morgan fingerprint density at radius 1 is 1.00 bits per heavy atom. The number of esters is 1. The summed E-state index contributed by atoms with van der Waals surface area (Å²) >= 11 is 1.59. The van der Waals surface area contributed by atoms with Crippen LogP contribution in [0.5, 0.6) is 5.75 Å². The maximum absolute atomic E-state index is 11.5. The molecule has 0 radical (unpaired) electrons. The van der Waals surface area contributed by atoms with Crippen LogP contribution in [0, 0.1) is 0 Å². The molecule has 0 spiro atoms. The fourth-order valence-electron chi connectivity index (χ4n) is 1.58. The summed E-state index contributed by atoms with van der Waals surface area (Å²) in [4.78, 5) is 13.5. The summed E-state index contributed by atoms with van der Waals surface area (Å²) in [6.07, 6.45) is 0. The lowest BCUT2D eigenvalue weighted by molar-refractivity contribution is 0.0600. The van der Waals surface area contributed by atoms with Crippen LogP contribution in [0.3, 0.4) is 0 Å². The number of hydrogen-bond donors (Lipinski definition) is 0. The Kier molecular flexibility index (Phi) is 4.47. The molecule has 0 fully saturated rings. The Balaban J connectivity index is 2.16. The number of carbonyl (C=O) groups excluding carboxylic acids is 1. The molecule has 0 aliphatic rings. The second-order valence-electron chi connectivity index (χ2n) is 3.80. The third-order valence-corrected chi connectivity index (χ3v) is 3.55. The quantitative estimate of drug-likeness (QED) is 0.797. The lowest BCUT2D eigenvalue weighted by Crippen LogP contribution is -2.00. The van der Waals surface area contributed by atoms with Gasteiger partial charge in [0, 0.05) is 9.79 Å². The van der Waals surface area contributed by atoms with Crippen molar-refractivity contribution in [2.45, 2.75) is 9.79 Å². The summed E-state index contributed by atoms with van der Waals surface area (Å²) in [6.45, 7) is 0. The monoisotopic (exact) mass is 274 g/mol. The lowest BCUT2D eigenvalue weighted by atomic mass is 10.2. The van der Waals surface area contributed by atoms with Gasteiger partial charge >= 0.3 is 5.97 Å². The van der Waals surface area contributed by atoms with E-state index in [0.717, 1.165) is 15.5 Å². The van der Waals surface area contributed by atoms with Crippen molar-refractivity contribution in [1.29, 1.82) is 0 Å². The van der Waals surface area contributed by atoms with E-state index in [1.54, 1.807) is 24.9 Å². The predicted octanol–water partition coefficient (Wildman–Crippen LogP) is 3.63. The van der Waals surface area contributed by atoms with Gasteiger partial charge in [0.1, 0.15) is 5.75 Å². The maximum atomic E-state index is 11.5. The van der Waals surface area contributed by atoms with Crippen molar-refractivity contribution in [3.8, 4) is 5.75 Å². The zero-order valence-electron chi connectivity index (χ0n) is 10.8. The summed E-state index contributed by atoms with van der Waals surface area (Å²) in [5.41, 5.74) is 0.556. The van der Waals surface area contributed by atoms with Crippen LogP contribution in [0.2, 0.25) is 0 Å². The zero-order valence-corrected chi connectivity index (χ0v) is 11.6. The first-order valence-corrected chi connectivity index (χ1v) is 6.55. The summed E-state index contributed by atoms with van der Waals surface area (Å²) in [6, 6.07) is 15.1. The Labute approximate surface area is 116 Å². The van der Waals surface area contributed by atoms with Crippen LogP contribution in [0.1, 0.15) is 10.4 Å². The summed E-state index contributed by atoms with van der Waals surface area (Å²) in [5, 5.41) is 0. The Morgan fingerprint density at radius 3 is 2.37 bits per heavy atom. The fraction of sp³-hybridized carbons (Fsp3) is 0.133. The molecule has 0 heterocycles. The standard InChI is InChI=1S/C15H14O3S/c1-17-12-6-8-13(9-7-12)19-14-5-3-4-11(10-14)15(16)18-2/h3-10H,1-2H3. The number of hydrogen-bond acceptors (Lipinski definition) is 4. The van der Waals surface area contributed by atoms with E-state index in [4.69, 9.17) is 9.47 Å². The van der Waals surface area contributed by atoms with Crippen molar-refractivity contribution in [3.63, 3.8) is 0 Å². The van der Waals surface area contributed by atoms with E-state index in [2.05, 4.69) is 0 Å². The van der Waals surface area contributed by atoms with Gasteiger partial charge in [0.25, 0.3) is 0 Å². The first-order valence-electron chi connectivity index (χ1n) is 5.73. The minimum absolute atomic E-state index is 0.322. The molecule has 0 aliphatic carbocycles. The number of carbonyl (C=O) groups is 1. The molecular weight excluding hydrogens is 260 g/mol. The third-order valence-electron chi connectivity index (χ3n) is 2.55. The molecule has 0 bridgehead atoms. The van der Waals surface area contributed by atoms with Gasteiger partial charge in [0.2, 0.25) is 0 Å². The average Bonchev–Trinajstić information content (AvgIpc) is 2.47. The lowest BCUT2D eigenvalue weighted by Gasteiger charge is -2.05. The van der Waals surface area contributed by atoms with E-state index in [-0.39, 0.29) is 5.97 Å². The molecule has 98 valence electrons. The van der Waals surface area contributed by atoms with Gasteiger partial charge < -0.3 is 9.47 Å². The van der Waals surface area contributed by atoms with Crippen molar-refractivity contribution in [2.24, 2.45) is 0 Å². The Bertz CT molecular complexity index is 564. The van der Waals surface area contributed by atoms with Crippen LogP contribution in [0.25, 0.3) is 0 Å². The van der Waals surface area contributed by atoms with E-state index < -0.39 is 0 Å². The van der Waals surface area contributed by atoms with Crippen LogP contribution in [-0.2, 0) is 4.74 Å². The Hall–Kier alpha value is -1.94. The highest BCUT2D eigenvalue weighted by atomic mass is 32.2. The van der Waals surface area contributed by atoms with Gasteiger partial charge in [-0.25, -0.2) is 4.79 Å². The van der Waals surface area contributed by atoms with Gasteiger partial charge in [-0.1, -0.05) is 17.8 Å². The highest BCUT2D eigenvalue weighted by Crippen LogP contribution is 2.29. The molecule has 0 unspecified atom stereocenters. The van der Waals surface area contributed by atoms with Crippen molar-refractivity contribution in [3.05, 3.63) is 54.1 Å². The van der Waals surface area contributed by atoms with Gasteiger partial charge in [-0.2, -0.15) is 0 Å². The average molecular weight is 274 g/mol. The minimum atomic E-state index is -0.322. The topological polar surface area (TPSA) is 35.5 Å². The van der Waals surface area contributed by atoms with Crippen LogP contribution in [0.15, 0.2) is 58.3 Å². The molecule has 0 saturated heterocycles. The predicted molar refractivity (Wildman–Crippen MR) is 74.9 cm³/mol. The molecule has 0 aliphatic heterocycles. The minimum Gasteiger partial charge on any atom is -0.497 e. The maximum Gasteiger partial charge on any atom is 0.337 e. The van der Waals surface area contributed by atoms with Crippen molar-refractivity contribution < 1.29 is 14.3 Å². The zero-order chi connectivity index (χ0) is 13.7. The molecule has 2 aromatic rings. The SMILES string of the molecule is COC(=O)c1cccc(Sc2ccc(OC)cc2)c1. The number of methoxy groups -OCH3 is 2. The molecule has 3 nitrogen and oxygen atoms in total. The van der Waals surface area contributed by atoms with Gasteiger partial charge in [-0.15, -0.1) is 0 Å². The van der Waals surface area contributed by atoms with Crippen LogP contribution < -0.4 is 4.74 Å². The highest BCUT2D eigenvalue weighted by molar-refractivity contribution is 7.99. The van der Waals surface area contributed by atoms with Crippen molar-refractivity contribution >= 4 is 17.7 Å².